The average molecular weight is 779 g/mol. The summed E-state index contributed by atoms with van der Waals surface area (Å²) < 4.78 is 73.0. The summed E-state index contributed by atoms with van der Waals surface area (Å²) in [5.74, 6) is -1.06. The lowest BCUT2D eigenvalue weighted by Gasteiger charge is -2.43. The number of piperazine rings is 1. The van der Waals surface area contributed by atoms with Crippen LogP contribution in [0, 0.1) is 24.0 Å². The minimum Gasteiger partial charge on any atom is -0.475 e. The first-order valence-electron chi connectivity index (χ1n) is 19.9. The Labute approximate surface area is 327 Å². The number of aryl methyl sites for hydroxylation is 1. The van der Waals surface area contributed by atoms with Gasteiger partial charge in [-0.3, -0.25) is 4.90 Å². The molecule has 5 aliphatic heterocycles. The number of fused-ring (bicyclic) bond motifs is 7. The van der Waals surface area contributed by atoms with Crippen molar-refractivity contribution in [1.82, 2.24) is 35.4 Å². The van der Waals surface area contributed by atoms with Crippen LogP contribution < -0.4 is 19.7 Å². The summed E-state index contributed by atoms with van der Waals surface area (Å²) in [4.78, 5) is 19.7. The molecule has 1 N–H and O–H groups in total. The van der Waals surface area contributed by atoms with Crippen molar-refractivity contribution in [3.63, 3.8) is 0 Å². The van der Waals surface area contributed by atoms with E-state index >= 15 is 8.78 Å². The second-order valence-electron chi connectivity index (χ2n) is 16.4. The molecule has 0 spiro atoms. The van der Waals surface area contributed by atoms with Crippen molar-refractivity contribution < 1.29 is 27.0 Å². The fourth-order valence-electron chi connectivity index (χ4n) is 10.3. The maximum Gasteiger partial charge on any atom is 0.319 e. The molecule has 0 saturated carbocycles. The number of nitrogens with zero attached hydrogens (tertiary/aromatic N) is 7. The van der Waals surface area contributed by atoms with Crippen molar-refractivity contribution in [1.29, 1.82) is 0 Å². The minimum absolute atomic E-state index is 0.0128. The number of rotatable bonds is 8. The van der Waals surface area contributed by atoms with E-state index in [1.807, 2.05) is 6.07 Å². The molecule has 4 saturated heterocycles. The summed E-state index contributed by atoms with van der Waals surface area (Å²) in [6.45, 7) is 2.92. The maximum atomic E-state index is 17.4. The largest absolute Gasteiger partial charge is 0.475 e. The van der Waals surface area contributed by atoms with Crippen molar-refractivity contribution in [2.45, 2.75) is 100 Å². The summed E-state index contributed by atoms with van der Waals surface area (Å²) in [5, 5.41) is 13.1. The maximum absolute atomic E-state index is 17.4. The highest BCUT2D eigenvalue weighted by molar-refractivity contribution is 6.02. The van der Waals surface area contributed by atoms with Crippen LogP contribution in [0.1, 0.15) is 75.1 Å². The summed E-state index contributed by atoms with van der Waals surface area (Å²) in [6, 6.07) is 10.4. The third-order valence-electron chi connectivity index (χ3n) is 13.0. The molecular formula is C43H42F4N8O2. The quantitative estimate of drug-likeness (QED) is 0.130. The SMILES string of the molecule is C#Cc1c(F)ccc2cccc(-c3nc4c5c(nc(OC[C@@]67CCCN6[C@H](COc6cc(C(C)(F)F)cnn6)CC7)nc5c3F)N3C[C@H]5CC[C@H](N5)[C@H]3CCC4)c12. The zero-order valence-electron chi connectivity index (χ0n) is 31.6. The Morgan fingerprint density at radius 1 is 1.02 bits per heavy atom. The monoisotopic (exact) mass is 778 g/mol. The molecule has 0 unspecified atom stereocenters. The molecule has 5 atom stereocenters. The highest BCUT2D eigenvalue weighted by atomic mass is 19.3. The van der Waals surface area contributed by atoms with Gasteiger partial charge in [0, 0.05) is 60.2 Å². The molecule has 2 aromatic carbocycles. The molecule has 8 heterocycles. The molecule has 2 bridgehead atoms. The summed E-state index contributed by atoms with van der Waals surface area (Å²) >= 11 is 0. The Kier molecular flexibility index (Phi) is 8.75. The predicted octanol–water partition coefficient (Wildman–Crippen LogP) is 7.11. The van der Waals surface area contributed by atoms with Crippen LogP contribution in [-0.4, -0.2) is 86.1 Å². The van der Waals surface area contributed by atoms with E-state index < -0.39 is 17.6 Å². The fourth-order valence-corrected chi connectivity index (χ4v) is 10.3. The highest BCUT2D eigenvalue weighted by Crippen LogP contribution is 2.45. The molecule has 14 heteroatoms. The fraction of sp³-hybridized carbons (Fsp3) is 0.465. The second kappa shape index (κ2) is 13.8. The van der Waals surface area contributed by atoms with Crippen LogP contribution in [0.15, 0.2) is 42.6 Å². The van der Waals surface area contributed by atoms with Crippen molar-refractivity contribution in [2.24, 2.45) is 0 Å². The van der Waals surface area contributed by atoms with E-state index in [9.17, 15) is 8.78 Å². The highest BCUT2D eigenvalue weighted by Gasteiger charge is 2.50. The van der Waals surface area contributed by atoms with E-state index in [4.69, 9.17) is 30.8 Å². The first kappa shape index (κ1) is 36.2. The Hall–Kier alpha value is -5.13. The van der Waals surface area contributed by atoms with Crippen LogP contribution in [-0.2, 0) is 12.3 Å². The van der Waals surface area contributed by atoms with Crippen LogP contribution in [0.25, 0.3) is 32.9 Å². The molecular weight excluding hydrogens is 737 g/mol. The molecule has 3 aromatic heterocycles. The first-order valence-corrected chi connectivity index (χ1v) is 19.9. The number of benzene rings is 2. The summed E-state index contributed by atoms with van der Waals surface area (Å²) in [6.07, 6.45) is 14.8. The van der Waals surface area contributed by atoms with Gasteiger partial charge in [-0.25, -0.2) is 22.5 Å². The topological polar surface area (TPSA) is 101 Å². The number of ether oxygens (including phenoxy) is 2. The molecule has 4 fully saturated rings. The van der Waals surface area contributed by atoms with E-state index in [2.05, 4.69) is 31.2 Å². The number of hydrogen-bond donors (Lipinski definition) is 1. The normalized spacial score (nSPS) is 25.6. The van der Waals surface area contributed by atoms with E-state index in [1.165, 1.54) is 12.1 Å². The van der Waals surface area contributed by atoms with Gasteiger partial charge in [-0.05, 0) is 75.8 Å². The number of aromatic nitrogens is 5. The predicted molar refractivity (Wildman–Crippen MR) is 206 cm³/mol. The average Bonchev–Trinajstić information content (AvgIpc) is 3.90. The summed E-state index contributed by atoms with van der Waals surface area (Å²) in [5.41, 5.74) is 0.761. The Bertz CT molecular complexity index is 2460. The number of pyridine rings is 1. The van der Waals surface area contributed by atoms with E-state index in [-0.39, 0.29) is 65.1 Å². The minimum atomic E-state index is -3.06. The lowest BCUT2D eigenvalue weighted by Crippen LogP contribution is -2.58. The lowest BCUT2D eigenvalue weighted by molar-refractivity contribution is 0.0164. The first-order chi connectivity index (χ1) is 27.6. The molecule has 0 amide bonds. The van der Waals surface area contributed by atoms with Crippen molar-refractivity contribution in [2.75, 3.05) is 31.2 Å². The zero-order chi connectivity index (χ0) is 39.1. The third-order valence-corrected chi connectivity index (χ3v) is 13.0. The third kappa shape index (κ3) is 6.12. The van der Waals surface area contributed by atoms with Gasteiger partial charge in [0.25, 0.3) is 5.92 Å². The second-order valence-corrected chi connectivity index (χ2v) is 16.4. The van der Waals surface area contributed by atoms with Gasteiger partial charge >= 0.3 is 6.01 Å². The van der Waals surface area contributed by atoms with Gasteiger partial charge < -0.3 is 19.7 Å². The van der Waals surface area contributed by atoms with Gasteiger partial charge in [-0.2, -0.15) is 15.1 Å². The van der Waals surface area contributed by atoms with Gasteiger partial charge in [0.1, 0.15) is 36.1 Å². The van der Waals surface area contributed by atoms with Gasteiger partial charge in [0.05, 0.1) is 28.4 Å². The Balaban J connectivity index is 1.02. The number of hydrogen-bond acceptors (Lipinski definition) is 10. The Morgan fingerprint density at radius 3 is 2.77 bits per heavy atom. The van der Waals surface area contributed by atoms with Crippen LogP contribution >= 0.6 is 0 Å². The van der Waals surface area contributed by atoms with Crippen LogP contribution in [0.2, 0.25) is 0 Å². The van der Waals surface area contributed by atoms with Crippen LogP contribution in [0.3, 0.4) is 0 Å². The molecule has 0 radical (unpaired) electrons. The van der Waals surface area contributed by atoms with Gasteiger partial charge in [0.2, 0.25) is 5.88 Å². The molecule has 294 valence electrons. The van der Waals surface area contributed by atoms with Crippen molar-refractivity contribution in [3.05, 3.63) is 71.1 Å². The van der Waals surface area contributed by atoms with E-state index in [0.29, 0.717) is 51.7 Å². The smallest absolute Gasteiger partial charge is 0.319 e. The Morgan fingerprint density at radius 2 is 1.91 bits per heavy atom. The number of nitrogens with one attached hydrogen (secondary N) is 1. The number of terminal acetylenes is 1. The number of anilines is 1. The van der Waals surface area contributed by atoms with Crippen LogP contribution in [0.4, 0.5) is 23.4 Å². The lowest BCUT2D eigenvalue weighted by atomic mass is 9.93. The molecule has 5 aliphatic rings. The van der Waals surface area contributed by atoms with Gasteiger partial charge in [0.15, 0.2) is 5.82 Å². The summed E-state index contributed by atoms with van der Waals surface area (Å²) in [7, 11) is 0. The van der Waals surface area contributed by atoms with Crippen LogP contribution in [0.5, 0.6) is 11.9 Å². The van der Waals surface area contributed by atoms with Gasteiger partial charge in [-0.15, -0.1) is 11.5 Å². The number of halogens is 4. The van der Waals surface area contributed by atoms with E-state index in [0.717, 1.165) is 77.6 Å². The standard InChI is InChI=1S/C43H42F4N8O2/c1-3-28-30(44)13-11-24-7-4-8-29(35(24)28)38-37(45)39-36-32(50-38)9-5-10-33-31-14-12-26(49-31)21-54(33)40(36)52-41(51-39)57-23-43-16-6-18-55(43)27(15-17-43)22-56-34-19-25(20-48-53-34)42(2,46)47/h1,4,7-8,11,13,19-20,26-27,31,33,49H,5-6,9-10,12,14-18,21-23H2,2H3/t26-,27+,31+,33-,43+/m1/s1. The number of alkyl halides is 2. The molecule has 57 heavy (non-hydrogen) atoms. The van der Waals surface area contributed by atoms with Crippen molar-refractivity contribution in [3.8, 4) is 35.5 Å². The molecule has 0 aliphatic carbocycles. The van der Waals surface area contributed by atoms with Crippen molar-refractivity contribution >= 4 is 27.5 Å². The van der Waals surface area contributed by atoms with Gasteiger partial charge in [-0.1, -0.05) is 30.2 Å². The van der Waals surface area contributed by atoms with E-state index in [1.54, 1.807) is 18.2 Å². The molecule has 5 aromatic rings. The zero-order valence-corrected chi connectivity index (χ0v) is 31.6. The molecule has 10 rings (SSSR count). The molecule has 10 nitrogen and oxygen atoms in total.